The summed E-state index contributed by atoms with van der Waals surface area (Å²) in [7, 11) is 0. The number of aliphatic hydroxyl groups excluding tert-OH is 1. The van der Waals surface area contributed by atoms with E-state index in [-0.39, 0.29) is 10.7 Å². The van der Waals surface area contributed by atoms with Crippen molar-refractivity contribution in [3.8, 4) is 5.75 Å². The van der Waals surface area contributed by atoms with Crippen LogP contribution in [0.3, 0.4) is 0 Å². The maximum absolute atomic E-state index is 13.9. The van der Waals surface area contributed by atoms with E-state index >= 15 is 0 Å². The highest BCUT2D eigenvalue weighted by atomic mass is 35.5. The van der Waals surface area contributed by atoms with E-state index in [1.165, 1.54) is 39.3 Å². The number of Topliss-reactive ketones (excluding diaryl/α,β-unsaturated/α-hetero) is 1. The highest BCUT2D eigenvalue weighted by Gasteiger charge is 2.46. The van der Waals surface area contributed by atoms with E-state index in [2.05, 4.69) is 29.0 Å². The monoisotopic (exact) mass is 640 g/mol. The number of hydrogen-bond acceptors (Lipinski definition) is 10. The van der Waals surface area contributed by atoms with Crippen molar-refractivity contribution in [2.24, 2.45) is 5.92 Å². The molecule has 1 amide bonds. The van der Waals surface area contributed by atoms with Gasteiger partial charge < -0.3 is 9.84 Å². The van der Waals surface area contributed by atoms with Gasteiger partial charge in [0.05, 0.1) is 33.8 Å². The summed E-state index contributed by atoms with van der Waals surface area (Å²) in [6.45, 7) is 8.34. The summed E-state index contributed by atoms with van der Waals surface area (Å²) in [6, 6.07) is 13.9. The third-order valence-electron chi connectivity index (χ3n) is 6.61. The van der Waals surface area contributed by atoms with Crippen molar-refractivity contribution in [3.05, 3.63) is 91.6 Å². The minimum atomic E-state index is -0.935. The van der Waals surface area contributed by atoms with E-state index < -0.39 is 23.5 Å². The number of amides is 1. The van der Waals surface area contributed by atoms with Crippen LogP contribution in [-0.2, 0) is 10.5 Å². The number of hydrogen-bond donors (Lipinski definition) is 1. The molecular weight excluding hydrogens is 612 g/mol. The number of benzene rings is 2. The Labute approximate surface area is 261 Å². The van der Waals surface area contributed by atoms with Crippen molar-refractivity contribution in [1.82, 2.24) is 15.2 Å². The van der Waals surface area contributed by atoms with E-state index in [9.17, 15) is 14.7 Å². The van der Waals surface area contributed by atoms with Gasteiger partial charge >= 0.3 is 0 Å². The number of ketones is 1. The second-order valence-electron chi connectivity index (χ2n) is 10.2. The van der Waals surface area contributed by atoms with Crippen LogP contribution < -0.4 is 9.64 Å². The van der Waals surface area contributed by atoms with Crippen LogP contribution in [0.4, 0.5) is 5.13 Å². The maximum Gasteiger partial charge on any atom is 0.296 e. The van der Waals surface area contributed by atoms with Crippen molar-refractivity contribution in [3.63, 3.8) is 0 Å². The van der Waals surface area contributed by atoms with E-state index in [0.29, 0.717) is 49.5 Å². The summed E-state index contributed by atoms with van der Waals surface area (Å²) >= 11 is 10.2. The SMILES string of the molecule is Cc1nc(C)c(C(=O)C2=C(O)C(=O)N(c3nnc(SCc4ccccc4Cl)s3)C2c2cccc(OCCC(C)C)c2)s1. The number of aryl methyl sites for hydroxylation is 2. The number of ether oxygens (including phenoxy) is 1. The largest absolute Gasteiger partial charge is 0.503 e. The van der Waals surface area contributed by atoms with Gasteiger partial charge in [-0.05, 0) is 55.5 Å². The Morgan fingerprint density at radius 2 is 1.93 bits per heavy atom. The number of carbonyl (C=O) groups excluding carboxylic acids is 2. The first-order valence-corrected chi connectivity index (χ1v) is 16.3. The van der Waals surface area contributed by atoms with Gasteiger partial charge in [-0.2, -0.15) is 0 Å². The molecule has 0 spiro atoms. The topological polar surface area (TPSA) is 106 Å². The molecule has 1 aliphatic rings. The molecule has 0 saturated carbocycles. The fourth-order valence-corrected chi connectivity index (χ4v) is 7.54. The van der Waals surface area contributed by atoms with Crippen LogP contribution in [0.5, 0.6) is 5.75 Å². The van der Waals surface area contributed by atoms with Crippen LogP contribution in [0, 0.1) is 19.8 Å². The fraction of sp³-hybridized carbons (Fsp3) is 0.300. The molecule has 4 aromatic rings. The van der Waals surface area contributed by atoms with Crippen molar-refractivity contribution < 1.29 is 19.4 Å². The van der Waals surface area contributed by atoms with Crippen LogP contribution in [-0.4, -0.2) is 38.6 Å². The zero-order valence-corrected chi connectivity index (χ0v) is 26.7. The molecule has 1 aliphatic heterocycles. The number of anilines is 1. The van der Waals surface area contributed by atoms with Gasteiger partial charge in [-0.3, -0.25) is 14.5 Å². The van der Waals surface area contributed by atoms with Gasteiger partial charge in [0.25, 0.3) is 5.91 Å². The summed E-state index contributed by atoms with van der Waals surface area (Å²) in [5.74, 6) is -0.112. The van der Waals surface area contributed by atoms with Crippen LogP contribution in [0.1, 0.15) is 57.8 Å². The van der Waals surface area contributed by atoms with Gasteiger partial charge in [-0.1, -0.05) is 78.9 Å². The molecule has 5 rings (SSSR count). The van der Waals surface area contributed by atoms with Crippen molar-refractivity contribution in [2.75, 3.05) is 11.5 Å². The van der Waals surface area contributed by atoms with E-state index in [4.69, 9.17) is 16.3 Å². The molecule has 0 fully saturated rings. The maximum atomic E-state index is 13.9. The van der Waals surface area contributed by atoms with Crippen molar-refractivity contribution in [1.29, 1.82) is 0 Å². The Kier molecular flexibility index (Phi) is 9.32. The number of halogens is 1. The average Bonchev–Trinajstić information content (AvgIpc) is 3.63. The Balaban J connectivity index is 1.51. The molecule has 8 nitrogen and oxygen atoms in total. The fourth-order valence-electron chi connectivity index (χ4n) is 4.51. The van der Waals surface area contributed by atoms with Crippen LogP contribution in [0.15, 0.2) is 64.2 Å². The summed E-state index contributed by atoms with van der Waals surface area (Å²) in [5.41, 5.74) is 2.09. The lowest BCUT2D eigenvalue weighted by atomic mass is 9.95. The van der Waals surface area contributed by atoms with Crippen molar-refractivity contribution >= 4 is 62.9 Å². The van der Waals surface area contributed by atoms with E-state index in [1.807, 2.05) is 49.4 Å². The minimum Gasteiger partial charge on any atom is -0.503 e. The predicted octanol–water partition coefficient (Wildman–Crippen LogP) is 7.76. The van der Waals surface area contributed by atoms with Gasteiger partial charge in [0.15, 0.2) is 10.1 Å². The highest BCUT2D eigenvalue weighted by Crippen LogP contribution is 2.45. The number of nitrogens with zero attached hydrogens (tertiary/aromatic N) is 4. The van der Waals surface area contributed by atoms with Gasteiger partial charge in [-0.25, -0.2) is 4.98 Å². The lowest BCUT2D eigenvalue weighted by Gasteiger charge is -2.24. The second kappa shape index (κ2) is 12.9. The Morgan fingerprint density at radius 1 is 1.14 bits per heavy atom. The van der Waals surface area contributed by atoms with Crippen LogP contribution >= 0.6 is 46.0 Å². The summed E-state index contributed by atoms with van der Waals surface area (Å²) in [4.78, 5) is 33.7. The molecule has 0 radical (unpaired) electrons. The second-order valence-corrected chi connectivity index (χ2v) is 13.9. The van der Waals surface area contributed by atoms with Crippen LogP contribution in [0.2, 0.25) is 5.02 Å². The number of thiazole rings is 1. The third kappa shape index (κ3) is 6.39. The molecule has 42 heavy (non-hydrogen) atoms. The number of thioether (sulfide) groups is 1. The molecule has 1 unspecified atom stereocenters. The predicted molar refractivity (Wildman–Crippen MR) is 168 cm³/mol. The Morgan fingerprint density at radius 3 is 2.64 bits per heavy atom. The Hall–Kier alpha value is -3.25. The molecule has 0 bridgehead atoms. The van der Waals surface area contributed by atoms with Crippen molar-refractivity contribution in [2.45, 2.75) is 50.3 Å². The summed E-state index contributed by atoms with van der Waals surface area (Å²) in [5, 5.41) is 21.4. The normalized spacial score (nSPS) is 15.2. The smallest absolute Gasteiger partial charge is 0.296 e. The van der Waals surface area contributed by atoms with Gasteiger partial charge in [0, 0.05) is 10.8 Å². The van der Waals surface area contributed by atoms with Gasteiger partial charge in [0.2, 0.25) is 10.9 Å². The Bertz CT molecular complexity index is 1670. The highest BCUT2D eigenvalue weighted by molar-refractivity contribution is 8.00. The summed E-state index contributed by atoms with van der Waals surface area (Å²) in [6.07, 6.45) is 0.881. The minimum absolute atomic E-state index is 0.0217. The lowest BCUT2D eigenvalue weighted by Crippen LogP contribution is -2.31. The first-order valence-electron chi connectivity index (χ1n) is 13.3. The molecule has 0 aliphatic carbocycles. The zero-order valence-electron chi connectivity index (χ0n) is 23.5. The van der Waals surface area contributed by atoms with E-state index in [0.717, 1.165) is 17.0 Å². The number of aliphatic hydroxyl groups is 1. The molecule has 1 N–H and O–H groups in total. The molecule has 3 heterocycles. The van der Waals surface area contributed by atoms with Gasteiger partial charge in [0.1, 0.15) is 5.75 Å². The molecule has 2 aromatic carbocycles. The first kappa shape index (κ1) is 30.2. The zero-order chi connectivity index (χ0) is 30.0. The number of aromatic nitrogens is 3. The first-order chi connectivity index (χ1) is 20.1. The quantitative estimate of drug-likeness (QED) is 0.101. The average molecular weight is 641 g/mol. The number of carbonyl (C=O) groups is 2. The molecular formula is C30H29ClN4O4S3. The number of rotatable bonds is 11. The van der Waals surface area contributed by atoms with Gasteiger partial charge in [-0.15, -0.1) is 21.5 Å². The lowest BCUT2D eigenvalue weighted by molar-refractivity contribution is -0.117. The molecule has 2 aromatic heterocycles. The molecule has 218 valence electrons. The molecule has 0 saturated heterocycles. The summed E-state index contributed by atoms with van der Waals surface area (Å²) < 4.78 is 6.61. The van der Waals surface area contributed by atoms with E-state index in [1.54, 1.807) is 13.0 Å². The van der Waals surface area contributed by atoms with Crippen LogP contribution in [0.25, 0.3) is 0 Å². The standard InChI is InChI=1S/C30H29ClN4O4S3/c1-16(2)12-13-39-21-10-7-9-19(14-21)24-23(25(36)27-17(3)32-18(4)41-27)26(37)28(38)35(24)29-33-34-30(42-29)40-15-20-8-5-6-11-22(20)31/h5-11,14,16,24,37H,12-13,15H2,1-4H3. The molecule has 1 atom stereocenters. The third-order valence-corrected chi connectivity index (χ3v) is 10.2. The molecule has 12 heteroatoms.